The molecule has 0 atom stereocenters. The van der Waals surface area contributed by atoms with Gasteiger partial charge in [-0.1, -0.05) is 12.1 Å². The zero-order chi connectivity index (χ0) is 9.68. The van der Waals surface area contributed by atoms with Crippen molar-refractivity contribution in [1.82, 2.24) is 0 Å². The van der Waals surface area contributed by atoms with Crippen LogP contribution >= 0.6 is 0 Å². The van der Waals surface area contributed by atoms with Crippen molar-refractivity contribution in [2.75, 3.05) is 0 Å². The highest BCUT2D eigenvalue weighted by atomic mass is 16.5. The van der Waals surface area contributed by atoms with Crippen LogP contribution in [0, 0.1) is 22.7 Å². The monoisotopic (exact) mass is 172 g/mol. The van der Waals surface area contributed by atoms with E-state index in [9.17, 15) is 4.79 Å². The number of hydrogen-bond acceptors (Lipinski definition) is 4. The van der Waals surface area contributed by atoms with Crippen LogP contribution in [-0.2, 0) is 4.79 Å². The minimum absolute atomic E-state index is 0.108. The summed E-state index contributed by atoms with van der Waals surface area (Å²) in [6, 6.07) is 9.34. The fourth-order valence-corrected chi connectivity index (χ4v) is 0.771. The average molecular weight is 172 g/mol. The summed E-state index contributed by atoms with van der Waals surface area (Å²) in [4.78, 5) is 10.6. The first kappa shape index (κ1) is 8.76. The van der Waals surface area contributed by atoms with Gasteiger partial charge in [0.25, 0.3) is 0 Å². The van der Waals surface area contributed by atoms with E-state index in [1.807, 2.05) is 6.07 Å². The number of para-hydroxylation sites is 1. The fourth-order valence-electron chi connectivity index (χ4n) is 0.771. The first-order valence-electron chi connectivity index (χ1n) is 3.39. The largest absolute Gasteiger partial charge is 0.416 e. The lowest BCUT2D eigenvalue weighted by Crippen LogP contribution is -2.04. The van der Waals surface area contributed by atoms with Gasteiger partial charge in [-0.15, -0.1) is 0 Å². The Labute approximate surface area is 74.6 Å². The second-order valence-electron chi connectivity index (χ2n) is 2.11. The van der Waals surface area contributed by atoms with Crippen LogP contribution in [0.2, 0.25) is 0 Å². The molecular weight excluding hydrogens is 168 g/mol. The van der Waals surface area contributed by atoms with Gasteiger partial charge in [0.15, 0.2) is 6.07 Å². The average Bonchev–Trinajstić information content (AvgIpc) is 2.18. The standard InChI is InChI=1S/C9H4N2O2/c10-5-7-3-1-2-4-8(7)13-9(12)6-11/h1-4H. The van der Waals surface area contributed by atoms with E-state index < -0.39 is 5.97 Å². The molecule has 13 heavy (non-hydrogen) atoms. The third kappa shape index (κ3) is 2.05. The lowest BCUT2D eigenvalue weighted by atomic mass is 10.2. The van der Waals surface area contributed by atoms with Gasteiger partial charge in [0.2, 0.25) is 0 Å². The lowest BCUT2D eigenvalue weighted by molar-refractivity contribution is -0.128. The molecule has 0 N–H and O–H groups in total. The van der Waals surface area contributed by atoms with Crippen molar-refractivity contribution in [2.45, 2.75) is 0 Å². The summed E-state index contributed by atoms with van der Waals surface area (Å²) in [6.07, 6.45) is 0. The van der Waals surface area contributed by atoms with Crippen molar-refractivity contribution in [2.24, 2.45) is 0 Å². The topological polar surface area (TPSA) is 73.9 Å². The van der Waals surface area contributed by atoms with E-state index in [0.717, 1.165) is 0 Å². The molecule has 0 saturated heterocycles. The Morgan fingerprint density at radius 2 is 2.00 bits per heavy atom. The lowest BCUT2D eigenvalue weighted by Gasteiger charge is -1.99. The van der Waals surface area contributed by atoms with Crippen LogP contribution in [0.1, 0.15) is 5.56 Å². The normalized spacial score (nSPS) is 8.15. The molecule has 1 aromatic carbocycles. The van der Waals surface area contributed by atoms with E-state index in [2.05, 4.69) is 4.74 Å². The van der Waals surface area contributed by atoms with Crippen molar-refractivity contribution >= 4 is 5.97 Å². The smallest absolute Gasteiger partial charge is 0.414 e. The highest BCUT2D eigenvalue weighted by Gasteiger charge is 2.06. The molecule has 4 nitrogen and oxygen atoms in total. The molecule has 0 heterocycles. The number of nitrogens with zero attached hydrogens (tertiary/aromatic N) is 2. The maximum atomic E-state index is 10.6. The summed E-state index contributed by atoms with van der Waals surface area (Å²) in [7, 11) is 0. The molecule has 0 amide bonds. The van der Waals surface area contributed by atoms with Gasteiger partial charge in [0, 0.05) is 0 Å². The molecule has 0 unspecified atom stereocenters. The molecule has 0 aliphatic carbocycles. The van der Waals surface area contributed by atoms with E-state index in [1.165, 1.54) is 18.2 Å². The summed E-state index contributed by atoms with van der Waals surface area (Å²) in [5.41, 5.74) is 0.228. The summed E-state index contributed by atoms with van der Waals surface area (Å²) < 4.78 is 4.56. The molecule has 0 spiro atoms. The molecule has 4 heteroatoms. The molecular formula is C9H4N2O2. The second-order valence-corrected chi connectivity index (χ2v) is 2.11. The Morgan fingerprint density at radius 3 is 2.62 bits per heavy atom. The predicted octanol–water partition coefficient (Wildman–Crippen LogP) is 0.987. The van der Waals surface area contributed by atoms with Crippen molar-refractivity contribution in [3.05, 3.63) is 29.8 Å². The Morgan fingerprint density at radius 1 is 1.31 bits per heavy atom. The van der Waals surface area contributed by atoms with Crippen LogP contribution in [0.25, 0.3) is 0 Å². The van der Waals surface area contributed by atoms with Gasteiger partial charge in [-0.25, -0.2) is 4.79 Å². The van der Waals surface area contributed by atoms with Gasteiger partial charge in [-0.3, -0.25) is 0 Å². The number of rotatable bonds is 1. The van der Waals surface area contributed by atoms with Crippen molar-refractivity contribution < 1.29 is 9.53 Å². The number of ether oxygens (including phenoxy) is 1. The van der Waals surface area contributed by atoms with Crippen LogP contribution in [0.3, 0.4) is 0 Å². The number of hydrogen-bond donors (Lipinski definition) is 0. The van der Waals surface area contributed by atoms with Crippen molar-refractivity contribution in [3.8, 4) is 17.9 Å². The number of carbonyl (C=O) groups excluding carboxylic acids is 1. The Hall–Kier alpha value is -2.33. The highest BCUT2D eigenvalue weighted by molar-refractivity contribution is 5.88. The molecule has 0 aliphatic rings. The first-order valence-corrected chi connectivity index (χ1v) is 3.39. The van der Waals surface area contributed by atoms with Gasteiger partial charge in [-0.05, 0) is 12.1 Å². The van der Waals surface area contributed by atoms with E-state index >= 15 is 0 Å². The molecule has 1 rings (SSSR count). The molecule has 0 aromatic heterocycles. The van der Waals surface area contributed by atoms with Gasteiger partial charge >= 0.3 is 5.97 Å². The Bertz CT molecular complexity index is 412. The summed E-state index contributed by atoms with van der Waals surface area (Å²) in [6.45, 7) is 0. The third-order valence-electron chi connectivity index (χ3n) is 1.30. The molecule has 0 radical (unpaired) electrons. The van der Waals surface area contributed by atoms with E-state index in [1.54, 1.807) is 12.1 Å². The van der Waals surface area contributed by atoms with Crippen molar-refractivity contribution in [1.29, 1.82) is 10.5 Å². The van der Waals surface area contributed by atoms with Gasteiger partial charge in [0.1, 0.15) is 11.8 Å². The van der Waals surface area contributed by atoms with Crippen LogP contribution in [-0.4, -0.2) is 5.97 Å². The number of benzene rings is 1. The van der Waals surface area contributed by atoms with E-state index in [4.69, 9.17) is 10.5 Å². The van der Waals surface area contributed by atoms with Crippen LogP contribution in [0.15, 0.2) is 24.3 Å². The van der Waals surface area contributed by atoms with Crippen molar-refractivity contribution in [3.63, 3.8) is 0 Å². The Kier molecular flexibility index (Phi) is 2.62. The zero-order valence-electron chi connectivity index (χ0n) is 6.52. The Balaban J connectivity index is 2.97. The molecule has 0 aliphatic heterocycles. The number of nitriles is 2. The maximum absolute atomic E-state index is 10.6. The van der Waals surface area contributed by atoms with E-state index in [-0.39, 0.29) is 11.3 Å². The number of esters is 1. The fraction of sp³-hybridized carbons (Fsp3) is 0. The van der Waals surface area contributed by atoms with Gasteiger partial charge in [-0.2, -0.15) is 10.5 Å². The first-order chi connectivity index (χ1) is 6.27. The zero-order valence-corrected chi connectivity index (χ0v) is 6.52. The summed E-state index contributed by atoms with van der Waals surface area (Å²) in [5.74, 6) is -0.917. The molecule has 62 valence electrons. The molecule has 1 aromatic rings. The highest BCUT2D eigenvalue weighted by Crippen LogP contribution is 2.16. The second kappa shape index (κ2) is 3.89. The van der Waals surface area contributed by atoms with Gasteiger partial charge in [0.05, 0.1) is 5.56 Å². The summed E-state index contributed by atoms with van der Waals surface area (Å²) >= 11 is 0. The minimum Gasteiger partial charge on any atom is -0.414 e. The molecule has 0 bridgehead atoms. The maximum Gasteiger partial charge on any atom is 0.416 e. The minimum atomic E-state index is -1.03. The summed E-state index contributed by atoms with van der Waals surface area (Å²) in [5, 5.41) is 16.7. The van der Waals surface area contributed by atoms with Crippen LogP contribution in [0.5, 0.6) is 5.75 Å². The van der Waals surface area contributed by atoms with Crippen LogP contribution in [0.4, 0.5) is 0 Å². The van der Waals surface area contributed by atoms with E-state index in [0.29, 0.717) is 0 Å². The SMILES string of the molecule is N#CC(=O)Oc1ccccc1C#N. The van der Waals surface area contributed by atoms with Gasteiger partial charge < -0.3 is 4.74 Å². The quantitative estimate of drug-likeness (QED) is 0.359. The van der Waals surface area contributed by atoms with Crippen LogP contribution < -0.4 is 4.74 Å². The molecule has 0 saturated carbocycles. The molecule has 0 fully saturated rings. The number of carbonyl (C=O) groups is 1. The third-order valence-corrected chi connectivity index (χ3v) is 1.30. The predicted molar refractivity (Wildman–Crippen MR) is 42.4 cm³/mol.